The third-order valence-corrected chi connectivity index (χ3v) is 5.28. The van der Waals surface area contributed by atoms with E-state index >= 15 is 0 Å². The number of Topliss-reactive ketones (excluding diaryl/α,β-unsaturated/α-hetero) is 1. The second kappa shape index (κ2) is 5.67. The van der Waals surface area contributed by atoms with Crippen LogP contribution in [0.1, 0.15) is 35.2 Å². The van der Waals surface area contributed by atoms with Gasteiger partial charge in [0.15, 0.2) is 5.78 Å². The molecule has 2 heterocycles. The summed E-state index contributed by atoms with van der Waals surface area (Å²) in [7, 11) is 0. The van der Waals surface area contributed by atoms with Crippen molar-refractivity contribution in [1.29, 1.82) is 0 Å². The molecule has 0 radical (unpaired) electrons. The molecular weight excluding hydrogens is 303 g/mol. The fraction of sp³-hybridized carbons (Fsp3) is 0.286. The third-order valence-electron chi connectivity index (χ3n) is 5.28. The predicted molar refractivity (Wildman–Crippen MR) is 90.4 cm³/mol. The average Bonchev–Trinajstić information content (AvgIpc) is 3.19. The molecule has 1 fully saturated rings. The molecule has 2 nitrogen and oxygen atoms in total. The van der Waals surface area contributed by atoms with Gasteiger partial charge < -0.3 is 4.74 Å². The van der Waals surface area contributed by atoms with Crippen LogP contribution in [-0.2, 0) is 4.74 Å². The summed E-state index contributed by atoms with van der Waals surface area (Å²) in [6.45, 7) is 2.05. The lowest BCUT2D eigenvalue weighted by molar-refractivity contribution is 0.0200. The fourth-order valence-corrected chi connectivity index (χ4v) is 4.16. The maximum absolute atomic E-state index is 13.8. The highest BCUT2D eigenvalue weighted by Gasteiger charge is 2.58. The second-order valence-corrected chi connectivity index (χ2v) is 6.54. The molecule has 3 heteroatoms. The van der Waals surface area contributed by atoms with Gasteiger partial charge in [0, 0.05) is 11.5 Å². The van der Waals surface area contributed by atoms with Crippen LogP contribution in [-0.4, -0.2) is 17.5 Å². The first-order valence-corrected chi connectivity index (χ1v) is 8.36. The molecule has 0 N–H and O–H groups in total. The van der Waals surface area contributed by atoms with Crippen LogP contribution in [0.4, 0.5) is 4.39 Å². The molecule has 2 aromatic carbocycles. The van der Waals surface area contributed by atoms with E-state index in [2.05, 4.69) is 6.08 Å². The van der Waals surface area contributed by atoms with Crippen LogP contribution in [0.3, 0.4) is 0 Å². The Morgan fingerprint density at radius 2 is 1.96 bits per heavy atom. The number of carbonyl (C=O) groups is 1. The summed E-state index contributed by atoms with van der Waals surface area (Å²) in [6.07, 6.45) is 4.55. The molecule has 1 saturated heterocycles. The molecule has 2 aliphatic rings. The molecule has 2 aliphatic heterocycles. The Morgan fingerprint density at radius 1 is 1.17 bits per heavy atom. The summed E-state index contributed by atoms with van der Waals surface area (Å²) in [4.78, 5) is 13.2. The second-order valence-electron chi connectivity index (χ2n) is 6.54. The van der Waals surface area contributed by atoms with Crippen molar-refractivity contribution in [3.63, 3.8) is 0 Å². The first-order chi connectivity index (χ1) is 11.6. The predicted octanol–water partition coefficient (Wildman–Crippen LogP) is 4.53. The highest BCUT2D eigenvalue weighted by molar-refractivity contribution is 5.99. The molecule has 0 amide bonds. The number of hydrogen-bond acceptors (Lipinski definition) is 2. The molecule has 2 aromatic rings. The first-order valence-electron chi connectivity index (χ1n) is 8.36. The normalized spacial score (nSPS) is 30.7. The molecule has 0 aliphatic carbocycles. The largest absolute Gasteiger partial charge is 0.362 e. The number of rotatable bonds is 4. The smallest absolute Gasteiger partial charge is 0.169 e. The Morgan fingerprint density at radius 3 is 2.67 bits per heavy atom. The Kier molecular flexibility index (Phi) is 3.61. The van der Waals surface area contributed by atoms with Crippen LogP contribution in [0, 0.1) is 11.7 Å². The van der Waals surface area contributed by atoms with Gasteiger partial charge in [0.05, 0.1) is 17.6 Å². The van der Waals surface area contributed by atoms with Gasteiger partial charge in [-0.1, -0.05) is 61.5 Å². The van der Waals surface area contributed by atoms with E-state index in [-0.39, 0.29) is 29.5 Å². The van der Waals surface area contributed by atoms with Gasteiger partial charge in [-0.25, -0.2) is 4.39 Å². The van der Waals surface area contributed by atoms with Crippen LogP contribution in [0.15, 0.2) is 66.7 Å². The summed E-state index contributed by atoms with van der Waals surface area (Å²) < 4.78 is 20.0. The van der Waals surface area contributed by atoms with Crippen LogP contribution in [0.2, 0.25) is 0 Å². The zero-order valence-electron chi connectivity index (χ0n) is 13.5. The maximum Gasteiger partial charge on any atom is 0.169 e. The number of fused-ring (bicyclic) bond motifs is 2. The molecular formula is C21H19FO2. The summed E-state index contributed by atoms with van der Waals surface area (Å²) >= 11 is 0. The van der Waals surface area contributed by atoms with E-state index in [1.807, 2.05) is 49.4 Å². The molecule has 4 atom stereocenters. The minimum Gasteiger partial charge on any atom is -0.362 e. The van der Waals surface area contributed by atoms with Crippen LogP contribution < -0.4 is 0 Å². The Hall–Kier alpha value is -2.26. The van der Waals surface area contributed by atoms with Gasteiger partial charge in [-0.15, -0.1) is 0 Å². The molecule has 4 rings (SSSR count). The number of hydrogen-bond donors (Lipinski definition) is 0. The molecule has 0 saturated carbocycles. The zero-order valence-corrected chi connectivity index (χ0v) is 13.5. The quantitative estimate of drug-likeness (QED) is 0.611. The molecule has 24 heavy (non-hydrogen) atoms. The summed E-state index contributed by atoms with van der Waals surface area (Å²) in [6, 6.07) is 15.9. The molecule has 0 aromatic heterocycles. The number of carbonyl (C=O) groups excluding carboxylic acids is 1. The van der Waals surface area contributed by atoms with Gasteiger partial charge in [-0.3, -0.25) is 4.79 Å². The van der Waals surface area contributed by atoms with Gasteiger partial charge in [0.1, 0.15) is 5.82 Å². The SMILES string of the molecule is CC[C@@]12C=C[C@@H](O1)[C@@H](C(=O)c1ccccc1)[C@@H]2c1cccc(F)c1. The number of ketones is 1. The Balaban J connectivity index is 1.80. The Bertz CT molecular complexity index is 798. The van der Waals surface area contributed by atoms with Gasteiger partial charge in [-0.2, -0.15) is 0 Å². The van der Waals surface area contributed by atoms with Crippen molar-refractivity contribution in [2.24, 2.45) is 5.92 Å². The Labute approximate surface area is 141 Å². The highest BCUT2D eigenvalue weighted by atomic mass is 19.1. The van der Waals surface area contributed by atoms with Gasteiger partial charge in [0.25, 0.3) is 0 Å². The maximum atomic E-state index is 13.8. The van der Waals surface area contributed by atoms with Crippen molar-refractivity contribution in [2.45, 2.75) is 31.0 Å². The van der Waals surface area contributed by atoms with Crippen molar-refractivity contribution in [2.75, 3.05) is 0 Å². The summed E-state index contributed by atoms with van der Waals surface area (Å²) in [5, 5.41) is 0. The topological polar surface area (TPSA) is 26.3 Å². The molecule has 0 unspecified atom stereocenters. The van der Waals surface area contributed by atoms with Crippen molar-refractivity contribution >= 4 is 5.78 Å². The third kappa shape index (κ3) is 2.23. The number of benzene rings is 2. The number of halogens is 1. The fourth-order valence-electron chi connectivity index (χ4n) is 4.16. The molecule has 0 spiro atoms. The van der Waals surface area contributed by atoms with Crippen LogP contribution >= 0.6 is 0 Å². The molecule has 2 bridgehead atoms. The van der Waals surface area contributed by atoms with Crippen LogP contribution in [0.5, 0.6) is 0 Å². The minimum absolute atomic E-state index is 0.0644. The van der Waals surface area contributed by atoms with E-state index in [4.69, 9.17) is 4.74 Å². The van der Waals surface area contributed by atoms with E-state index < -0.39 is 5.60 Å². The van der Waals surface area contributed by atoms with Crippen molar-refractivity contribution < 1.29 is 13.9 Å². The van der Waals surface area contributed by atoms with E-state index in [1.54, 1.807) is 6.07 Å². The van der Waals surface area contributed by atoms with Gasteiger partial charge in [-0.05, 0) is 24.1 Å². The lowest BCUT2D eigenvalue weighted by Gasteiger charge is -2.33. The first kappa shape index (κ1) is 15.3. The van der Waals surface area contributed by atoms with E-state index in [1.165, 1.54) is 12.1 Å². The summed E-state index contributed by atoms with van der Waals surface area (Å²) in [5.41, 5.74) is 0.991. The van der Waals surface area contributed by atoms with Gasteiger partial charge in [0.2, 0.25) is 0 Å². The number of ether oxygens (including phenoxy) is 1. The molecule has 122 valence electrons. The summed E-state index contributed by atoms with van der Waals surface area (Å²) in [5.74, 6) is -0.703. The zero-order chi connectivity index (χ0) is 16.7. The van der Waals surface area contributed by atoms with Crippen molar-refractivity contribution in [1.82, 2.24) is 0 Å². The standard InChI is InChI=1S/C21H19FO2/c1-2-21-12-11-17(24-21)18(20(23)14-7-4-3-5-8-14)19(21)15-9-6-10-16(22)13-15/h3-13,17-19H,2H2,1H3/t17-,18-,19+,21+/m1/s1. The van der Waals surface area contributed by atoms with Crippen molar-refractivity contribution in [3.8, 4) is 0 Å². The minimum atomic E-state index is -0.520. The van der Waals surface area contributed by atoms with Crippen LogP contribution in [0.25, 0.3) is 0 Å². The van der Waals surface area contributed by atoms with E-state index in [9.17, 15) is 9.18 Å². The lowest BCUT2D eigenvalue weighted by Crippen LogP contribution is -2.36. The highest BCUT2D eigenvalue weighted by Crippen LogP contribution is 2.54. The van der Waals surface area contributed by atoms with Crippen molar-refractivity contribution in [3.05, 3.63) is 83.7 Å². The van der Waals surface area contributed by atoms with E-state index in [0.717, 1.165) is 12.0 Å². The van der Waals surface area contributed by atoms with Gasteiger partial charge >= 0.3 is 0 Å². The van der Waals surface area contributed by atoms with E-state index in [0.29, 0.717) is 5.56 Å². The lowest BCUT2D eigenvalue weighted by atomic mass is 9.68. The average molecular weight is 322 g/mol. The monoisotopic (exact) mass is 322 g/mol.